The second-order valence-corrected chi connectivity index (χ2v) is 7.65. The number of carbonyl (C=O) groups is 2. The molecule has 1 fully saturated rings. The minimum absolute atomic E-state index is 0.131. The Hall–Kier alpha value is -3.31. The molecule has 1 saturated heterocycles. The molecule has 0 bridgehead atoms. The lowest BCUT2D eigenvalue weighted by molar-refractivity contribution is -0.132. The van der Waals surface area contributed by atoms with Crippen LogP contribution >= 0.6 is 0 Å². The highest BCUT2D eigenvalue weighted by molar-refractivity contribution is 6.02. The third-order valence-electron chi connectivity index (χ3n) is 5.63. The number of unbranched alkanes of at least 4 members (excludes halogenated alkanes) is 1. The van der Waals surface area contributed by atoms with E-state index in [0.717, 1.165) is 42.7 Å². The molecule has 0 saturated carbocycles. The molecule has 2 aromatic rings. The van der Waals surface area contributed by atoms with Crippen LogP contribution < -0.4 is 10.6 Å². The molecule has 2 atom stereocenters. The van der Waals surface area contributed by atoms with Gasteiger partial charge >= 0.3 is 0 Å². The number of carbonyl (C=O) groups excluding carboxylic acids is 2. The number of nitrogens with one attached hydrogen (secondary N) is 2. The van der Waals surface area contributed by atoms with Crippen molar-refractivity contribution in [3.8, 4) is 12.3 Å². The second-order valence-electron chi connectivity index (χ2n) is 7.65. The zero-order chi connectivity index (χ0) is 21.1. The summed E-state index contributed by atoms with van der Waals surface area (Å²) < 4.78 is 1.85. The van der Waals surface area contributed by atoms with Gasteiger partial charge in [0.25, 0.3) is 5.91 Å². The van der Waals surface area contributed by atoms with E-state index < -0.39 is 12.3 Å². The quantitative estimate of drug-likeness (QED) is 0.475. The summed E-state index contributed by atoms with van der Waals surface area (Å²) in [4.78, 5) is 26.7. The molecular formula is C22H25N5O3. The number of amides is 2. The topological polar surface area (TPSA) is 99.5 Å². The molecule has 1 aromatic carbocycles. The Balaban J connectivity index is 1.33. The van der Waals surface area contributed by atoms with E-state index in [1.54, 1.807) is 17.2 Å². The Morgan fingerprint density at radius 3 is 2.93 bits per heavy atom. The summed E-state index contributed by atoms with van der Waals surface area (Å²) in [6, 6.07) is 5.09. The molecule has 2 aliphatic heterocycles. The number of rotatable bonds is 7. The Bertz CT molecular complexity index is 993. The van der Waals surface area contributed by atoms with Crippen LogP contribution in [0.15, 0.2) is 30.6 Å². The van der Waals surface area contributed by atoms with Crippen LogP contribution in [0.3, 0.4) is 0 Å². The van der Waals surface area contributed by atoms with Crippen LogP contribution in [0.2, 0.25) is 0 Å². The van der Waals surface area contributed by atoms with Crippen LogP contribution in [0.4, 0.5) is 5.69 Å². The van der Waals surface area contributed by atoms with Crippen LogP contribution in [0.1, 0.15) is 47.2 Å². The summed E-state index contributed by atoms with van der Waals surface area (Å²) in [5.41, 5.74) is 3.26. The highest BCUT2D eigenvalue weighted by Crippen LogP contribution is 2.32. The standard InChI is InChI=1S/C22H25N5O3/c1-2-15-12-24-26(13-15)11-4-3-10-23-18-7-5-6-16-17(18)14-27(22(16)30)19-8-9-20(28)25-21(19)29/h1,5-7,12-13,19-20,23,28H,3-4,8-11,14H2,(H,25,29). The van der Waals surface area contributed by atoms with Crippen molar-refractivity contribution in [2.24, 2.45) is 0 Å². The first-order chi connectivity index (χ1) is 14.6. The fraction of sp³-hybridized carbons (Fsp3) is 0.409. The molecule has 2 aliphatic rings. The van der Waals surface area contributed by atoms with Crippen molar-refractivity contribution in [3.05, 3.63) is 47.3 Å². The Kier molecular flexibility index (Phi) is 5.72. The smallest absolute Gasteiger partial charge is 0.255 e. The van der Waals surface area contributed by atoms with Crippen molar-refractivity contribution >= 4 is 17.5 Å². The summed E-state index contributed by atoms with van der Waals surface area (Å²) >= 11 is 0. The van der Waals surface area contributed by atoms with E-state index in [2.05, 4.69) is 21.7 Å². The maximum absolute atomic E-state index is 12.9. The zero-order valence-corrected chi connectivity index (χ0v) is 16.7. The van der Waals surface area contributed by atoms with Gasteiger partial charge in [0.15, 0.2) is 0 Å². The minimum Gasteiger partial charge on any atom is -0.385 e. The minimum atomic E-state index is -0.828. The van der Waals surface area contributed by atoms with E-state index in [1.165, 1.54) is 0 Å². The van der Waals surface area contributed by atoms with Gasteiger partial charge in [-0.05, 0) is 37.8 Å². The maximum Gasteiger partial charge on any atom is 0.255 e. The number of hydrogen-bond acceptors (Lipinski definition) is 5. The van der Waals surface area contributed by atoms with Gasteiger partial charge in [0, 0.05) is 42.6 Å². The highest BCUT2D eigenvalue weighted by atomic mass is 16.3. The Labute approximate surface area is 175 Å². The first-order valence-corrected chi connectivity index (χ1v) is 10.2. The van der Waals surface area contributed by atoms with Crippen LogP contribution in [0.25, 0.3) is 0 Å². The number of terminal acetylenes is 1. The van der Waals surface area contributed by atoms with E-state index in [-0.39, 0.29) is 11.8 Å². The fourth-order valence-corrected chi connectivity index (χ4v) is 4.03. The van der Waals surface area contributed by atoms with Crippen LogP contribution in [0.5, 0.6) is 0 Å². The van der Waals surface area contributed by atoms with Gasteiger partial charge < -0.3 is 20.6 Å². The largest absolute Gasteiger partial charge is 0.385 e. The van der Waals surface area contributed by atoms with E-state index in [1.807, 2.05) is 23.0 Å². The van der Waals surface area contributed by atoms with Crippen LogP contribution in [0, 0.1) is 12.3 Å². The lowest BCUT2D eigenvalue weighted by atomic mass is 10.0. The number of aromatic nitrogens is 2. The lowest BCUT2D eigenvalue weighted by Gasteiger charge is -2.32. The molecule has 4 rings (SSSR count). The molecule has 1 aromatic heterocycles. The van der Waals surface area contributed by atoms with Crippen LogP contribution in [-0.2, 0) is 17.9 Å². The van der Waals surface area contributed by atoms with Crippen molar-refractivity contribution < 1.29 is 14.7 Å². The maximum atomic E-state index is 12.9. The van der Waals surface area contributed by atoms with Gasteiger partial charge in [-0.1, -0.05) is 12.0 Å². The summed E-state index contributed by atoms with van der Waals surface area (Å²) in [7, 11) is 0. The number of hydrogen-bond donors (Lipinski definition) is 3. The molecule has 8 heteroatoms. The molecule has 30 heavy (non-hydrogen) atoms. The highest BCUT2D eigenvalue weighted by Gasteiger charge is 2.39. The van der Waals surface area contributed by atoms with Gasteiger partial charge in [0.05, 0.1) is 11.8 Å². The van der Waals surface area contributed by atoms with E-state index >= 15 is 0 Å². The number of aliphatic hydroxyl groups is 1. The summed E-state index contributed by atoms with van der Waals surface area (Å²) in [6.45, 7) is 1.96. The normalized spacial score (nSPS) is 20.6. The number of aliphatic hydroxyl groups excluding tert-OH is 1. The van der Waals surface area contributed by atoms with Crippen LogP contribution in [-0.4, -0.2) is 50.4 Å². The average molecular weight is 407 g/mol. The third-order valence-corrected chi connectivity index (χ3v) is 5.63. The second kappa shape index (κ2) is 8.59. The molecule has 0 spiro atoms. The monoisotopic (exact) mass is 407 g/mol. The Morgan fingerprint density at radius 1 is 1.30 bits per heavy atom. The first kappa shape index (κ1) is 20.0. The van der Waals surface area contributed by atoms with Gasteiger partial charge in [0.2, 0.25) is 5.91 Å². The number of piperidine rings is 1. The molecule has 3 heterocycles. The van der Waals surface area contributed by atoms with Crippen molar-refractivity contribution in [2.75, 3.05) is 11.9 Å². The predicted molar refractivity (Wildman–Crippen MR) is 111 cm³/mol. The molecule has 0 aliphatic carbocycles. The van der Waals surface area contributed by atoms with Gasteiger partial charge in [0.1, 0.15) is 12.3 Å². The SMILES string of the molecule is C#Cc1cnn(CCCCNc2cccc3c2CN(C2CCC(O)NC2=O)C3=O)c1. The summed E-state index contributed by atoms with van der Waals surface area (Å²) in [6.07, 6.45) is 10.9. The third kappa shape index (κ3) is 4.02. The van der Waals surface area contributed by atoms with E-state index in [0.29, 0.717) is 24.9 Å². The number of anilines is 1. The van der Waals surface area contributed by atoms with Gasteiger partial charge in [-0.15, -0.1) is 6.42 Å². The molecule has 2 unspecified atom stereocenters. The fourth-order valence-electron chi connectivity index (χ4n) is 4.03. The first-order valence-electron chi connectivity index (χ1n) is 10.2. The van der Waals surface area contributed by atoms with Crippen molar-refractivity contribution in [3.63, 3.8) is 0 Å². The van der Waals surface area contributed by atoms with Gasteiger partial charge in [-0.3, -0.25) is 14.3 Å². The number of aryl methyl sites for hydroxylation is 1. The summed E-state index contributed by atoms with van der Waals surface area (Å²) in [5.74, 6) is 2.14. The lowest BCUT2D eigenvalue weighted by Crippen LogP contribution is -2.54. The van der Waals surface area contributed by atoms with Gasteiger partial charge in [-0.2, -0.15) is 5.10 Å². The van der Waals surface area contributed by atoms with E-state index in [4.69, 9.17) is 6.42 Å². The molecule has 2 amide bonds. The number of benzene rings is 1. The number of nitrogens with zero attached hydrogens (tertiary/aromatic N) is 3. The molecule has 3 N–H and O–H groups in total. The molecule has 156 valence electrons. The molecule has 0 radical (unpaired) electrons. The van der Waals surface area contributed by atoms with Crippen molar-refractivity contribution in [1.29, 1.82) is 0 Å². The molecule has 8 nitrogen and oxygen atoms in total. The van der Waals surface area contributed by atoms with Crippen molar-refractivity contribution in [2.45, 2.75) is 51.0 Å². The van der Waals surface area contributed by atoms with Gasteiger partial charge in [-0.25, -0.2) is 0 Å². The van der Waals surface area contributed by atoms with E-state index in [9.17, 15) is 14.7 Å². The van der Waals surface area contributed by atoms with Crippen molar-refractivity contribution in [1.82, 2.24) is 20.0 Å². The Morgan fingerprint density at radius 2 is 2.17 bits per heavy atom. The zero-order valence-electron chi connectivity index (χ0n) is 16.7. The summed E-state index contributed by atoms with van der Waals surface area (Å²) in [5, 5.41) is 19.8. The number of fused-ring (bicyclic) bond motifs is 1. The average Bonchev–Trinajstić information content (AvgIpc) is 3.33. The molecular weight excluding hydrogens is 382 g/mol. The predicted octanol–water partition coefficient (Wildman–Crippen LogP) is 1.31.